The van der Waals surface area contributed by atoms with Gasteiger partial charge in [-0.05, 0) is 57.2 Å². The third-order valence-corrected chi connectivity index (χ3v) is 5.07. The van der Waals surface area contributed by atoms with E-state index in [1.165, 1.54) is 19.3 Å². The van der Waals surface area contributed by atoms with Crippen LogP contribution in [0.4, 0.5) is 22.1 Å². The lowest BCUT2D eigenvalue weighted by molar-refractivity contribution is 0.252. The summed E-state index contributed by atoms with van der Waals surface area (Å²) in [6, 6.07) is 7.67. The number of hydrogen-bond donors (Lipinski definition) is 3. The Balaban J connectivity index is 1.47. The monoisotopic (exact) mass is 382 g/mol. The molecule has 1 saturated heterocycles. The molecule has 150 valence electrons. The van der Waals surface area contributed by atoms with Gasteiger partial charge in [0.2, 0.25) is 0 Å². The third-order valence-electron chi connectivity index (χ3n) is 5.07. The molecule has 3 rings (SSSR count). The van der Waals surface area contributed by atoms with Crippen LogP contribution in [0, 0.1) is 20.8 Å². The van der Waals surface area contributed by atoms with Gasteiger partial charge in [-0.1, -0.05) is 12.1 Å². The summed E-state index contributed by atoms with van der Waals surface area (Å²) in [6.07, 6.45) is 3.72. The number of benzene rings is 1. The number of carbonyl (C=O) groups excluding carboxylic acids is 1. The molecule has 1 fully saturated rings. The van der Waals surface area contributed by atoms with E-state index >= 15 is 0 Å². The molecule has 0 saturated carbocycles. The van der Waals surface area contributed by atoms with Gasteiger partial charge in [0.25, 0.3) is 0 Å². The van der Waals surface area contributed by atoms with E-state index in [9.17, 15) is 4.79 Å². The number of urea groups is 1. The lowest BCUT2D eigenvalue weighted by atomic mass is 10.1. The Morgan fingerprint density at radius 2 is 1.86 bits per heavy atom. The molecule has 2 heterocycles. The number of aromatic nitrogens is 2. The van der Waals surface area contributed by atoms with Crippen molar-refractivity contribution < 1.29 is 4.79 Å². The van der Waals surface area contributed by atoms with Crippen LogP contribution in [0.1, 0.15) is 36.2 Å². The molecule has 0 aliphatic carbocycles. The van der Waals surface area contributed by atoms with Crippen molar-refractivity contribution in [3.05, 3.63) is 41.2 Å². The molecule has 3 N–H and O–H groups in total. The fourth-order valence-electron chi connectivity index (χ4n) is 3.35. The maximum atomic E-state index is 12.1. The molecule has 1 aromatic heterocycles. The van der Waals surface area contributed by atoms with Crippen molar-refractivity contribution in [3.63, 3.8) is 0 Å². The second-order valence-corrected chi connectivity index (χ2v) is 7.26. The van der Waals surface area contributed by atoms with Gasteiger partial charge in [0.1, 0.15) is 17.5 Å². The fraction of sp³-hybridized carbons (Fsp3) is 0.476. The van der Waals surface area contributed by atoms with Crippen molar-refractivity contribution in [2.24, 2.45) is 0 Å². The van der Waals surface area contributed by atoms with Crippen LogP contribution in [0.3, 0.4) is 0 Å². The predicted molar refractivity (Wildman–Crippen MR) is 114 cm³/mol. The molecule has 0 unspecified atom stereocenters. The van der Waals surface area contributed by atoms with Gasteiger partial charge in [-0.15, -0.1) is 0 Å². The van der Waals surface area contributed by atoms with Gasteiger partial charge < -0.3 is 20.9 Å². The quantitative estimate of drug-likeness (QED) is 0.665. The van der Waals surface area contributed by atoms with Gasteiger partial charge in [0.15, 0.2) is 0 Å². The highest BCUT2D eigenvalue weighted by atomic mass is 16.2. The number of carbonyl (C=O) groups is 1. The van der Waals surface area contributed by atoms with E-state index < -0.39 is 0 Å². The van der Waals surface area contributed by atoms with Gasteiger partial charge in [0, 0.05) is 37.9 Å². The second-order valence-electron chi connectivity index (χ2n) is 7.26. The summed E-state index contributed by atoms with van der Waals surface area (Å²) in [7, 11) is 0. The highest BCUT2D eigenvalue weighted by Crippen LogP contribution is 2.20. The lowest BCUT2D eigenvalue weighted by Crippen LogP contribution is -2.33. The second kappa shape index (κ2) is 9.39. The standard InChI is InChI=1S/C21H30N6O/c1-15-8-7-9-18(16(15)2)26-21(28)23-11-10-22-19-14-20(25-17(3)24-19)27-12-5-4-6-13-27/h7-9,14H,4-6,10-13H2,1-3H3,(H,22,24,25)(H2,23,26,28). The van der Waals surface area contributed by atoms with Crippen LogP contribution in [-0.4, -0.2) is 42.2 Å². The molecule has 1 aliphatic heterocycles. The van der Waals surface area contributed by atoms with E-state index in [2.05, 4.69) is 30.8 Å². The zero-order chi connectivity index (χ0) is 19.9. The van der Waals surface area contributed by atoms with Gasteiger partial charge in [0.05, 0.1) is 0 Å². The number of hydrogen-bond acceptors (Lipinski definition) is 5. The average Bonchev–Trinajstić information content (AvgIpc) is 2.69. The van der Waals surface area contributed by atoms with Gasteiger partial charge >= 0.3 is 6.03 Å². The molecule has 0 radical (unpaired) electrons. The zero-order valence-corrected chi connectivity index (χ0v) is 17.0. The topological polar surface area (TPSA) is 82.2 Å². The van der Waals surface area contributed by atoms with Crippen LogP contribution < -0.4 is 20.9 Å². The maximum absolute atomic E-state index is 12.1. The molecule has 2 aromatic rings. The number of aryl methyl sites for hydroxylation is 2. The van der Waals surface area contributed by atoms with Gasteiger partial charge in [-0.25, -0.2) is 14.8 Å². The number of anilines is 3. The Morgan fingerprint density at radius 1 is 1.07 bits per heavy atom. The van der Waals surface area contributed by atoms with Crippen LogP contribution >= 0.6 is 0 Å². The van der Waals surface area contributed by atoms with E-state index in [0.29, 0.717) is 13.1 Å². The Labute approximate surface area is 167 Å². The molecular weight excluding hydrogens is 352 g/mol. The third kappa shape index (κ3) is 5.34. The largest absolute Gasteiger partial charge is 0.368 e. The number of nitrogens with zero attached hydrogens (tertiary/aromatic N) is 3. The summed E-state index contributed by atoms with van der Waals surface area (Å²) in [5.41, 5.74) is 3.07. The molecule has 0 atom stereocenters. The number of rotatable bonds is 6. The van der Waals surface area contributed by atoms with Crippen LogP contribution in [0.25, 0.3) is 0 Å². The minimum Gasteiger partial charge on any atom is -0.368 e. The fourth-order valence-corrected chi connectivity index (χ4v) is 3.35. The van der Waals surface area contributed by atoms with Crippen LogP contribution in [-0.2, 0) is 0 Å². The molecule has 1 aromatic carbocycles. The van der Waals surface area contributed by atoms with Crippen molar-refractivity contribution >= 4 is 23.4 Å². The number of piperidine rings is 1. The first-order chi connectivity index (χ1) is 13.5. The van der Waals surface area contributed by atoms with E-state index in [1.54, 1.807) is 0 Å². The smallest absolute Gasteiger partial charge is 0.319 e. The molecule has 1 aliphatic rings. The van der Waals surface area contributed by atoms with Crippen molar-refractivity contribution in [1.29, 1.82) is 0 Å². The summed E-state index contributed by atoms with van der Waals surface area (Å²) < 4.78 is 0. The molecule has 0 bridgehead atoms. The number of nitrogens with one attached hydrogen (secondary N) is 3. The minimum atomic E-state index is -0.205. The Kier molecular flexibility index (Phi) is 6.68. The molecular formula is C21H30N6O. The van der Waals surface area contributed by atoms with Crippen molar-refractivity contribution in [2.75, 3.05) is 41.7 Å². The van der Waals surface area contributed by atoms with E-state index in [4.69, 9.17) is 0 Å². The maximum Gasteiger partial charge on any atom is 0.319 e. The van der Waals surface area contributed by atoms with Crippen LogP contribution in [0.5, 0.6) is 0 Å². The SMILES string of the molecule is Cc1nc(NCCNC(=O)Nc2cccc(C)c2C)cc(N2CCCCC2)n1. The Bertz CT molecular complexity index is 817. The molecule has 7 nitrogen and oxygen atoms in total. The lowest BCUT2D eigenvalue weighted by Gasteiger charge is -2.28. The van der Waals surface area contributed by atoms with Gasteiger partial charge in [-0.2, -0.15) is 0 Å². The summed E-state index contributed by atoms with van der Waals surface area (Å²) >= 11 is 0. The first-order valence-corrected chi connectivity index (χ1v) is 9.98. The van der Waals surface area contributed by atoms with Gasteiger partial charge in [-0.3, -0.25) is 0 Å². The van der Waals surface area contributed by atoms with Crippen LogP contribution in [0.2, 0.25) is 0 Å². The average molecular weight is 383 g/mol. The summed E-state index contributed by atoms with van der Waals surface area (Å²) in [5.74, 6) is 2.53. The summed E-state index contributed by atoms with van der Waals surface area (Å²) in [6.45, 7) is 9.14. The molecule has 7 heteroatoms. The Morgan fingerprint density at radius 3 is 2.64 bits per heavy atom. The van der Waals surface area contributed by atoms with E-state index in [0.717, 1.165) is 47.4 Å². The molecule has 0 spiro atoms. The number of amides is 2. The first-order valence-electron chi connectivity index (χ1n) is 9.98. The predicted octanol–water partition coefficient (Wildman–Crippen LogP) is 3.63. The zero-order valence-electron chi connectivity index (χ0n) is 17.0. The first kappa shape index (κ1) is 19.9. The van der Waals surface area contributed by atoms with E-state index in [1.807, 2.05) is 45.0 Å². The Hall–Kier alpha value is -2.83. The minimum absolute atomic E-state index is 0.205. The van der Waals surface area contributed by atoms with Crippen molar-refractivity contribution in [2.45, 2.75) is 40.0 Å². The highest BCUT2D eigenvalue weighted by molar-refractivity contribution is 5.90. The molecule has 28 heavy (non-hydrogen) atoms. The summed E-state index contributed by atoms with van der Waals surface area (Å²) in [4.78, 5) is 23.5. The van der Waals surface area contributed by atoms with Crippen LogP contribution in [0.15, 0.2) is 24.3 Å². The normalized spacial score (nSPS) is 13.9. The van der Waals surface area contributed by atoms with Crippen molar-refractivity contribution in [3.8, 4) is 0 Å². The highest BCUT2D eigenvalue weighted by Gasteiger charge is 2.13. The molecule has 2 amide bonds. The van der Waals surface area contributed by atoms with Crippen molar-refractivity contribution in [1.82, 2.24) is 15.3 Å². The van der Waals surface area contributed by atoms with E-state index in [-0.39, 0.29) is 6.03 Å². The summed E-state index contributed by atoms with van der Waals surface area (Å²) in [5, 5.41) is 9.06.